The van der Waals surface area contributed by atoms with Crippen molar-refractivity contribution in [2.75, 3.05) is 33.3 Å². The van der Waals surface area contributed by atoms with Gasteiger partial charge >= 0.3 is 0 Å². The van der Waals surface area contributed by atoms with E-state index in [2.05, 4.69) is 35.1 Å². The first-order chi connectivity index (χ1) is 13.1. The molecule has 6 heteroatoms. The lowest BCUT2D eigenvalue weighted by Crippen LogP contribution is -2.38. The number of carbonyl (C=O) groups excluding carboxylic acids is 1. The molecule has 0 bridgehead atoms. The van der Waals surface area contributed by atoms with Crippen LogP contribution >= 0.6 is 0 Å². The summed E-state index contributed by atoms with van der Waals surface area (Å²) in [4.78, 5) is 15.7. The number of piperidine rings is 1. The molecule has 1 N–H and O–H groups in total. The quantitative estimate of drug-likeness (QED) is 0.771. The van der Waals surface area contributed by atoms with Crippen LogP contribution in [0, 0.1) is 5.92 Å². The summed E-state index contributed by atoms with van der Waals surface area (Å²) in [6, 6.07) is 6.13. The number of rotatable bonds is 8. The molecule has 2 heterocycles. The lowest BCUT2D eigenvalue weighted by Gasteiger charge is -2.31. The third kappa shape index (κ3) is 5.22. The first-order valence-corrected chi connectivity index (χ1v) is 10.1. The smallest absolute Gasteiger partial charge is 0.219 e. The molecule has 1 aromatic heterocycles. The molecule has 1 aliphatic heterocycles. The maximum Gasteiger partial charge on any atom is 0.219 e. The van der Waals surface area contributed by atoms with Gasteiger partial charge in [-0.05, 0) is 57.0 Å². The number of nitrogens with zero attached hydrogens (tertiary/aromatic N) is 3. The predicted octanol–water partition coefficient (Wildman–Crippen LogP) is 3.43. The van der Waals surface area contributed by atoms with Gasteiger partial charge in [-0.2, -0.15) is 5.10 Å². The largest absolute Gasteiger partial charge is 0.493 e. The van der Waals surface area contributed by atoms with Crippen LogP contribution in [0.15, 0.2) is 18.2 Å². The molecule has 6 nitrogen and oxygen atoms in total. The zero-order valence-electron chi connectivity index (χ0n) is 16.8. The molecule has 1 amide bonds. The number of unbranched alkanes of at least 4 members (excludes halogenated alkanes) is 1. The number of fused-ring (bicyclic) bond motifs is 1. The highest BCUT2D eigenvalue weighted by Gasteiger charge is 2.21. The van der Waals surface area contributed by atoms with Gasteiger partial charge in [-0.1, -0.05) is 13.3 Å². The molecular formula is C21H32N4O2. The van der Waals surface area contributed by atoms with Crippen molar-refractivity contribution in [3.05, 3.63) is 23.9 Å². The number of aromatic nitrogens is 2. The Morgan fingerprint density at radius 1 is 1.37 bits per heavy atom. The van der Waals surface area contributed by atoms with Crippen molar-refractivity contribution in [1.82, 2.24) is 20.0 Å². The van der Waals surface area contributed by atoms with Crippen LogP contribution in [0.3, 0.4) is 0 Å². The highest BCUT2D eigenvalue weighted by molar-refractivity contribution is 5.82. The molecule has 1 aliphatic rings. The average molecular weight is 373 g/mol. The van der Waals surface area contributed by atoms with Crippen LogP contribution in [0.4, 0.5) is 0 Å². The molecule has 0 radical (unpaired) electrons. The summed E-state index contributed by atoms with van der Waals surface area (Å²) in [7, 11) is 2.15. The number of hydrogen-bond acceptors (Lipinski definition) is 4. The first kappa shape index (κ1) is 19.7. The zero-order chi connectivity index (χ0) is 19.2. The molecule has 0 spiro atoms. The van der Waals surface area contributed by atoms with Crippen molar-refractivity contribution in [3.63, 3.8) is 0 Å². The summed E-state index contributed by atoms with van der Waals surface area (Å²) in [5, 5.41) is 8.75. The summed E-state index contributed by atoms with van der Waals surface area (Å²) >= 11 is 0. The number of carbonyl (C=O) groups is 1. The molecule has 1 saturated heterocycles. The van der Waals surface area contributed by atoms with Crippen molar-refractivity contribution in [3.8, 4) is 5.75 Å². The molecule has 1 fully saturated rings. The predicted molar refractivity (Wildman–Crippen MR) is 108 cm³/mol. The van der Waals surface area contributed by atoms with Crippen LogP contribution < -0.4 is 4.74 Å². The number of H-pyrrole nitrogens is 1. The molecule has 0 saturated carbocycles. The van der Waals surface area contributed by atoms with E-state index >= 15 is 0 Å². The molecule has 0 aliphatic carbocycles. The fourth-order valence-corrected chi connectivity index (χ4v) is 3.66. The monoisotopic (exact) mass is 372 g/mol. The topological polar surface area (TPSA) is 61.5 Å². The maximum absolute atomic E-state index is 11.4. The molecular weight excluding hydrogens is 340 g/mol. The Morgan fingerprint density at radius 3 is 2.85 bits per heavy atom. The molecule has 148 valence electrons. The molecule has 3 rings (SSSR count). The van der Waals surface area contributed by atoms with Gasteiger partial charge in [0.15, 0.2) is 0 Å². The number of hydrogen-bond donors (Lipinski definition) is 1. The molecule has 0 unspecified atom stereocenters. The van der Waals surface area contributed by atoms with Crippen LogP contribution in [-0.4, -0.2) is 59.2 Å². The molecule has 27 heavy (non-hydrogen) atoms. The SMILES string of the molecule is CCCCN(C)Cc1[nH]nc2ccc(OCC3CCN(C(C)=O)CC3)cc12. The lowest BCUT2D eigenvalue weighted by atomic mass is 9.98. The molecule has 1 aromatic carbocycles. The van der Waals surface area contributed by atoms with Gasteiger partial charge in [-0.15, -0.1) is 0 Å². The summed E-state index contributed by atoms with van der Waals surface area (Å²) in [6.07, 6.45) is 4.44. The van der Waals surface area contributed by atoms with Gasteiger partial charge in [0.2, 0.25) is 5.91 Å². The second-order valence-corrected chi connectivity index (χ2v) is 7.73. The normalized spacial score (nSPS) is 15.6. The summed E-state index contributed by atoms with van der Waals surface area (Å²) in [6.45, 7) is 8.22. The van der Waals surface area contributed by atoms with Crippen LogP contribution in [0.1, 0.15) is 45.2 Å². The van der Waals surface area contributed by atoms with Gasteiger partial charge in [-0.3, -0.25) is 9.89 Å². The van der Waals surface area contributed by atoms with E-state index in [1.807, 2.05) is 17.0 Å². The Bertz CT molecular complexity index is 750. The van der Waals surface area contributed by atoms with Gasteiger partial charge < -0.3 is 14.5 Å². The first-order valence-electron chi connectivity index (χ1n) is 10.1. The second-order valence-electron chi connectivity index (χ2n) is 7.73. The van der Waals surface area contributed by atoms with E-state index < -0.39 is 0 Å². The maximum atomic E-state index is 11.4. The Hall–Kier alpha value is -2.08. The average Bonchev–Trinajstić information content (AvgIpc) is 3.07. The Morgan fingerprint density at radius 2 is 2.15 bits per heavy atom. The summed E-state index contributed by atoms with van der Waals surface area (Å²) in [5.41, 5.74) is 2.12. The molecule has 0 atom stereocenters. The van der Waals surface area contributed by atoms with Gasteiger partial charge in [0.1, 0.15) is 5.75 Å². The lowest BCUT2D eigenvalue weighted by molar-refractivity contribution is -0.130. The third-order valence-electron chi connectivity index (χ3n) is 5.47. The van der Waals surface area contributed by atoms with Gasteiger partial charge in [-0.25, -0.2) is 0 Å². The zero-order valence-corrected chi connectivity index (χ0v) is 16.8. The van der Waals surface area contributed by atoms with Crippen LogP contribution in [-0.2, 0) is 11.3 Å². The fraction of sp³-hybridized carbons (Fsp3) is 0.619. The number of nitrogens with one attached hydrogen (secondary N) is 1. The van der Waals surface area contributed by atoms with E-state index in [0.717, 1.165) is 61.4 Å². The van der Waals surface area contributed by atoms with E-state index in [1.54, 1.807) is 6.92 Å². The Kier molecular flexibility index (Phi) is 6.72. The minimum atomic E-state index is 0.177. The van der Waals surface area contributed by atoms with Gasteiger partial charge in [0, 0.05) is 31.9 Å². The van der Waals surface area contributed by atoms with Crippen molar-refractivity contribution in [2.24, 2.45) is 5.92 Å². The highest BCUT2D eigenvalue weighted by Crippen LogP contribution is 2.25. The number of amides is 1. The van der Waals surface area contributed by atoms with E-state index in [1.165, 1.54) is 12.8 Å². The second kappa shape index (κ2) is 9.22. The Balaban J connectivity index is 1.57. The standard InChI is InChI=1S/C21H32N4O2/c1-4-5-10-24(3)14-21-19-13-18(6-7-20(19)22-23-21)27-15-17-8-11-25(12-9-17)16(2)26/h6-7,13,17H,4-5,8-12,14-15H2,1-3H3,(H,22,23). The summed E-state index contributed by atoms with van der Waals surface area (Å²) in [5.74, 6) is 1.59. The van der Waals surface area contributed by atoms with Gasteiger partial charge in [0.25, 0.3) is 0 Å². The van der Waals surface area contributed by atoms with Crippen molar-refractivity contribution >= 4 is 16.8 Å². The fourth-order valence-electron chi connectivity index (χ4n) is 3.66. The highest BCUT2D eigenvalue weighted by atomic mass is 16.5. The van der Waals surface area contributed by atoms with Crippen molar-refractivity contribution in [1.29, 1.82) is 0 Å². The number of likely N-dealkylation sites (tertiary alicyclic amines) is 1. The van der Waals surface area contributed by atoms with Crippen LogP contribution in [0.5, 0.6) is 5.75 Å². The number of aromatic amines is 1. The number of benzene rings is 1. The minimum Gasteiger partial charge on any atom is -0.493 e. The van der Waals surface area contributed by atoms with E-state index in [9.17, 15) is 4.79 Å². The van der Waals surface area contributed by atoms with E-state index in [4.69, 9.17) is 4.74 Å². The summed E-state index contributed by atoms with van der Waals surface area (Å²) < 4.78 is 6.08. The Labute approximate surface area is 161 Å². The third-order valence-corrected chi connectivity index (χ3v) is 5.47. The van der Waals surface area contributed by atoms with E-state index in [0.29, 0.717) is 12.5 Å². The van der Waals surface area contributed by atoms with Gasteiger partial charge in [0.05, 0.1) is 17.8 Å². The van der Waals surface area contributed by atoms with Crippen molar-refractivity contribution < 1.29 is 9.53 Å². The number of ether oxygens (including phenoxy) is 1. The van der Waals surface area contributed by atoms with Crippen LogP contribution in [0.2, 0.25) is 0 Å². The molecule has 2 aromatic rings. The van der Waals surface area contributed by atoms with E-state index in [-0.39, 0.29) is 5.91 Å². The van der Waals surface area contributed by atoms with Crippen molar-refractivity contribution in [2.45, 2.75) is 46.1 Å². The minimum absolute atomic E-state index is 0.177. The van der Waals surface area contributed by atoms with Crippen LogP contribution in [0.25, 0.3) is 10.9 Å².